The number of allylic oxidation sites excluding steroid dienone is 1. The fraction of sp³-hybridized carbons (Fsp3) is 0.727. The largest absolute Gasteiger partial charge is 0.437 e. The molecule has 0 bridgehead atoms. The first kappa shape index (κ1) is 8.79. The summed E-state index contributed by atoms with van der Waals surface area (Å²) < 4.78 is 4.52. The van der Waals surface area contributed by atoms with Gasteiger partial charge in [0.15, 0.2) is 0 Å². The van der Waals surface area contributed by atoms with Crippen molar-refractivity contribution in [3.8, 4) is 0 Å². The first-order chi connectivity index (χ1) is 6.24. The summed E-state index contributed by atoms with van der Waals surface area (Å²) in [6, 6.07) is 0. The van der Waals surface area contributed by atoms with Gasteiger partial charge in [-0.1, -0.05) is 6.92 Å². The van der Waals surface area contributed by atoms with E-state index in [-0.39, 0.29) is 0 Å². The Morgan fingerprint density at radius 2 is 2.00 bits per heavy atom. The summed E-state index contributed by atoms with van der Waals surface area (Å²) >= 11 is 0. The van der Waals surface area contributed by atoms with Crippen molar-refractivity contribution in [1.82, 2.24) is 0 Å². The van der Waals surface area contributed by atoms with E-state index in [1.807, 2.05) is 6.08 Å². The third-order valence-corrected chi connectivity index (χ3v) is 3.44. The lowest BCUT2D eigenvalue weighted by molar-refractivity contribution is -0.123. The van der Waals surface area contributed by atoms with E-state index in [9.17, 15) is 4.79 Å². The van der Waals surface area contributed by atoms with E-state index < -0.39 is 0 Å². The van der Waals surface area contributed by atoms with E-state index in [4.69, 9.17) is 0 Å². The zero-order valence-corrected chi connectivity index (χ0v) is 8.03. The molecule has 0 saturated heterocycles. The van der Waals surface area contributed by atoms with E-state index in [0.717, 1.165) is 5.92 Å². The molecule has 1 spiro atoms. The van der Waals surface area contributed by atoms with E-state index in [0.29, 0.717) is 17.8 Å². The smallest absolute Gasteiger partial charge is 0.297 e. The molecule has 2 saturated carbocycles. The molecule has 72 valence electrons. The van der Waals surface area contributed by atoms with Crippen molar-refractivity contribution in [3.63, 3.8) is 0 Å². The quantitative estimate of drug-likeness (QED) is 0.492. The van der Waals surface area contributed by atoms with Crippen molar-refractivity contribution in [2.75, 3.05) is 0 Å². The number of carbonyl (C=O) groups is 1. The van der Waals surface area contributed by atoms with Gasteiger partial charge in [-0.05, 0) is 49.0 Å². The van der Waals surface area contributed by atoms with Crippen LogP contribution in [0.4, 0.5) is 0 Å². The Kier molecular flexibility index (Phi) is 2.14. The van der Waals surface area contributed by atoms with Gasteiger partial charge in [0, 0.05) is 0 Å². The first-order valence-corrected chi connectivity index (χ1v) is 5.00. The maximum Gasteiger partial charge on any atom is 0.297 e. The Bertz CT molecular complexity index is 218. The number of hydrogen-bond donors (Lipinski definition) is 0. The van der Waals surface area contributed by atoms with Gasteiger partial charge < -0.3 is 4.74 Å². The van der Waals surface area contributed by atoms with Crippen molar-refractivity contribution in [2.45, 2.75) is 32.6 Å². The predicted octanol–water partition coefficient (Wildman–Crippen LogP) is 2.50. The second-order valence-corrected chi connectivity index (χ2v) is 4.74. The van der Waals surface area contributed by atoms with Gasteiger partial charge in [-0.3, -0.25) is 4.79 Å². The summed E-state index contributed by atoms with van der Waals surface area (Å²) in [4.78, 5) is 9.86. The Morgan fingerprint density at radius 1 is 1.31 bits per heavy atom. The molecule has 2 nitrogen and oxygen atoms in total. The van der Waals surface area contributed by atoms with Crippen molar-refractivity contribution in [3.05, 3.63) is 12.3 Å². The predicted molar refractivity (Wildman–Crippen MR) is 49.8 cm³/mol. The van der Waals surface area contributed by atoms with Crippen LogP contribution in [0.5, 0.6) is 0 Å². The lowest BCUT2D eigenvalue weighted by Crippen LogP contribution is -2.46. The second-order valence-electron chi connectivity index (χ2n) is 4.74. The monoisotopic (exact) mass is 180 g/mol. The van der Waals surface area contributed by atoms with Crippen LogP contribution in [0, 0.1) is 17.3 Å². The Labute approximate surface area is 79.0 Å². The molecule has 0 aromatic rings. The van der Waals surface area contributed by atoms with Crippen molar-refractivity contribution >= 4 is 6.47 Å². The summed E-state index contributed by atoms with van der Waals surface area (Å²) in [6.07, 6.45) is 8.96. The lowest BCUT2D eigenvalue weighted by Gasteiger charge is -2.56. The third-order valence-electron chi connectivity index (χ3n) is 3.44. The van der Waals surface area contributed by atoms with E-state index in [1.165, 1.54) is 31.9 Å². The van der Waals surface area contributed by atoms with E-state index in [2.05, 4.69) is 11.7 Å². The van der Waals surface area contributed by atoms with Gasteiger partial charge in [0.05, 0.1) is 6.26 Å². The van der Waals surface area contributed by atoms with Crippen LogP contribution >= 0.6 is 0 Å². The molecule has 0 amide bonds. The molecule has 0 atom stereocenters. The van der Waals surface area contributed by atoms with Gasteiger partial charge in [-0.25, -0.2) is 0 Å². The average Bonchev–Trinajstić information content (AvgIpc) is 1.97. The molecule has 0 aromatic heterocycles. The highest BCUT2D eigenvalue weighted by molar-refractivity contribution is 5.38. The van der Waals surface area contributed by atoms with Crippen LogP contribution in [-0.2, 0) is 9.53 Å². The molecule has 0 unspecified atom stereocenters. The summed E-state index contributed by atoms with van der Waals surface area (Å²) in [5.74, 6) is 1.60. The minimum Gasteiger partial charge on any atom is -0.437 e. The molecular weight excluding hydrogens is 164 g/mol. The molecule has 2 aliphatic rings. The average molecular weight is 180 g/mol. The van der Waals surface area contributed by atoms with Crippen LogP contribution in [0.1, 0.15) is 32.6 Å². The van der Waals surface area contributed by atoms with Gasteiger partial charge in [0.2, 0.25) is 0 Å². The SMILES string of the molecule is CC1CC2(C1)CC(/C=C/OC=O)C2. The maximum absolute atomic E-state index is 9.86. The fourth-order valence-electron chi connectivity index (χ4n) is 3.13. The number of rotatable bonds is 3. The molecule has 2 rings (SSSR count). The van der Waals surface area contributed by atoms with Gasteiger partial charge in [-0.2, -0.15) is 0 Å². The van der Waals surface area contributed by atoms with Crippen molar-refractivity contribution in [2.24, 2.45) is 17.3 Å². The van der Waals surface area contributed by atoms with E-state index in [1.54, 1.807) is 0 Å². The molecule has 0 aromatic carbocycles. The summed E-state index contributed by atoms with van der Waals surface area (Å²) in [6.45, 7) is 2.79. The molecule has 0 heterocycles. The highest BCUT2D eigenvalue weighted by Crippen LogP contribution is 2.61. The van der Waals surface area contributed by atoms with E-state index >= 15 is 0 Å². The molecule has 13 heavy (non-hydrogen) atoms. The standard InChI is InChI=1S/C11H16O2/c1-9-4-11(5-9)6-10(7-11)2-3-13-8-12/h2-3,8-10H,4-7H2,1H3/b3-2+. The zero-order valence-electron chi connectivity index (χ0n) is 8.03. The van der Waals surface area contributed by atoms with Crippen LogP contribution in [0.25, 0.3) is 0 Å². The first-order valence-electron chi connectivity index (χ1n) is 5.00. The molecule has 2 aliphatic carbocycles. The summed E-state index contributed by atoms with van der Waals surface area (Å²) in [7, 11) is 0. The normalized spacial score (nSPS) is 42.8. The Balaban J connectivity index is 1.70. The third kappa shape index (κ3) is 1.62. The molecule has 2 heteroatoms. The molecule has 2 fully saturated rings. The number of ether oxygens (including phenoxy) is 1. The second kappa shape index (κ2) is 3.17. The van der Waals surface area contributed by atoms with Gasteiger partial charge in [0.1, 0.15) is 0 Å². The lowest BCUT2D eigenvalue weighted by atomic mass is 9.48. The molecular formula is C11H16O2. The summed E-state index contributed by atoms with van der Waals surface area (Å²) in [5, 5.41) is 0. The van der Waals surface area contributed by atoms with Crippen molar-refractivity contribution in [1.29, 1.82) is 0 Å². The topological polar surface area (TPSA) is 26.3 Å². The minimum absolute atomic E-state index is 0.469. The van der Waals surface area contributed by atoms with Gasteiger partial charge >= 0.3 is 0 Å². The van der Waals surface area contributed by atoms with Crippen LogP contribution in [0.3, 0.4) is 0 Å². The maximum atomic E-state index is 9.86. The van der Waals surface area contributed by atoms with Crippen molar-refractivity contribution < 1.29 is 9.53 Å². The van der Waals surface area contributed by atoms with Crippen LogP contribution in [0.2, 0.25) is 0 Å². The summed E-state index contributed by atoms with van der Waals surface area (Å²) in [5.41, 5.74) is 0.690. The van der Waals surface area contributed by atoms with Crippen LogP contribution in [-0.4, -0.2) is 6.47 Å². The fourth-order valence-corrected chi connectivity index (χ4v) is 3.13. The molecule has 0 N–H and O–H groups in total. The molecule has 0 radical (unpaired) electrons. The van der Waals surface area contributed by atoms with Gasteiger partial charge in [-0.15, -0.1) is 0 Å². The van der Waals surface area contributed by atoms with Crippen LogP contribution in [0.15, 0.2) is 12.3 Å². The number of hydrogen-bond acceptors (Lipinski definition) is 2. The van der Waals surface area contributed by atoms with Gasteiger partial charge in [0.25, 0.3) is 6.47 Å². The number of carbonyl (C=O) groups excluding carboxylic acids is 1. The molecule has 0 aliphatic heterocycles. The minimum atomic E-state index is 0.469. The highest BCUT2D eigenvalue weighted by Gasteiger charge is 2.50. The highest BCUT2D eigenvalue weighted by atomic mass is 16.5. The Hall–Kier alpha value is -0.790. The Morgan fingerprint density at radius 3 is 2.54 bits per heavy atom. The zero-order chi connectivity index (χ0) is 9.31. The van der Waals surface area contributed by atoms with Crippen LogP contribution < -0.4 is 0 Å².